The van der Waals surface area contributed by atoms with Crippen LogP contribution in [0.15, 0.2) is 53.9 Å². The van der Waals surface area contributed by atoms with Crippen LogP contribution in [-0.2, 0) is 11.3 Å². The number of nitrogens with one attached hydrogen (secondary N) is 1. The van der Waals surface area contributed by atoms with Crippen LogP contribution < -0.4 is 11.1 Å². The van der Waals surface area contributed by atoms with E-state index >= 15 is 0 Å². The SMILES string of the molecule is Cc1cc(C(=O)NC(C(N)=O)c2ccccc2)c(C)n1Cc1cccs1. The minimum atomic E-state index is -0.857. The molecule has 0 aliphatic carbocycles. The van der Waals surface area contributed by atoms with Gasteiger partial charge in [0.15, 0.2) is 0 Å². The smallest absolute Gasteiger partial charge is 0.254 e. The molecule has 26 heavy (non-hydrogen) atoms. The predicted molar refractivity (Wildman–Crippen MR) is 103 cm³/mol. The van der Waals surface area contributed by atoms with Gasteiger partial charge in [-0.3, -0.25) is 9.59 Å². The first-order valence-corrected chi connectivity index (χ1v) is 9.19. The number of aryl methyl sites for hydroxylation is 1. The Hall–Kier alpha value is -2.86. The molecule has 2 amide bonds. The molecule has 134 valence electrons. The third-order valence-corrected chi connectivity index (χ3v) is 5.27. The summed E-state index contributed by atoms with van der Waals surface area (Å²) in [6.07, 6.45) is 0. The number of thiophene rings is 1. The molecule has 0 aliphatic heterocycles. The Balaban J connectivity index is 1.84. The second-order valence-electron chi connectivity index (χ2n) is 6.17. The van der Waals surface area contributed by atoms with E-state index in [9.17, 15) is 9.59 Å². The van der Waals surface area contributed by atoms with Gasteiger partial charge in [0.2, 0.25) is 5.91 Å². The molecule has 0 aliphatic rings. The Morgan fingerprint density at radius 1 is 1.15 bits per heavy atom. The highest BCUT2D eigenvalue weighted by Gasteiger charge is 2.23. The number of carbonyl (C=O) groups is 2. The van der Waals surface area contributed by atoms with Crippen LogP contribution in [0.2, 0.25) is 0 Å². The molecule has 0 saturated heterocycles. The van der Waals surface area contributed by atoms with Crippen LogP contribution in [0.5, 0.6) is 0 Å². The minimum absolute atomic E-state index is 0.303. The molecule has 3 aromatic rings. The van der Waals surface area contributed by atoms with Gasteiger partial charge in [0.05, 0.1) is 12.1 Å². The highest BCUT2D eigenvalue weighted by Crippen LogP contribution is 2.20. The summed E-state index contributed by atoms with van der Waals surface area (Å²) in [5, 5.41) is 4.80. The summed E-state index contributed by atoms with van der Waals surface area (Å²) in [6, 6.07) is 14.1. The summed E-state index contributed by atoms with van der Waals surface area (Å²) < 4.78 is 2.10. The lowest BCUT2D eigenvalue weighted by Gasteiger charge is -2.16. The topological polar surface area (TPSA) is 77.1 Å². The summed E-state index contributed by atoms with van der Waals surface area (Å²) >= 11 is 1.68. The number of rotatable bonds is 6. The van der Waals surface area contributed by atoms with Crippen LogP contribution in [0.4, 0.5) is 0 Å². The van der Waals surface area contributed by atoms with Crippen molar-refractivity contribution in [2.24, 2.45) is 5.73 Å². The Kier molecular flexibility index (Phi) is 5.23. The van der Waals surface area contributed by atoms with Crippen molar-refractivity contribution in [3.8, 4) is 0 Å². The molecule has 3 N–H and O–H groups in total. The molecule has 0 radical (unpaired) electrons. The number of aromatic nitrogens is 1. The van der Waals surface area contributed by atoms with Gasteiger partial charge in [0.1, 0.15) is 6.04 Å². The Labute approximate surface area is 156 Å². The van der Waals surface area contributed by atoms with Crippen LogP contribution in [-0.4, -0.2) is 16.4 Å². The molecular weight excluding hydrogens is 346 g/mol. The van der Waals surface area contributed by atoms with E-state index in [1.165, 1.54) is 4.88 Å². The molecule has 0 bridgehead atoms. The van der Waals surface area contributed by atoms with Gasteiger partial charge in [-0.05, 0) is 36.9 Å². The van der Waals surface area contributed by atoms with Crippen molar-refractivity contribution in [1.29, 1.82) is 0 Å². The van der Waals surface area contributed by atoms with Crippen LogP contribution in [0, 0.1) is 13.8 Å². The fourth-order valence-electron chi connectivity index (χ4n) is 3.01. The molecule has 0 spiro atoms. The molecule has 0 saturated carbocycles. The monoisotopic (exact) mass is 367 g/mol. The maximum atomic E-state index is 12.8. The quantitative estimate of drug-likeness (QED) is 0.702. The molecule has 2 heterocycles. The van der Waals surface area contributed by atoms with Crippen molar-refractivity contribution < 1.29 is 9.59 Å². The first kappa shape index (κ1) is 17.9. The first-order valence-electron chi connectivity index (χ1n) is 8.31. The van der Waals surface area contributed by atoms with Crippen molar-refractivity contribution in [1.82, 2.24) is 9.88 Å². The van der Waals surface area contributed by atoms with Crippen molar-refractivity contribution in [2.45, 2.75) is 26.4 Å². The van der Waals surface area contributed by atoms with Gasteiger partial charge < -0.3 is 15.6 Å². The first-order chi connectivity index (χ1) is 12.5. The summed E-state index contributed by atoms with van der Waals surface area (Å²) in [4.78, 5) is 25.9. The largest absolute Gasteiger partial charge is 0.368 e. The lowest BCUT2D eigenvalue weighted by atomic mass is 10.1. The predicted octanol–water partition coefficient (Wildman–Crippen LogP) is 3.17. The molecule has 5 nitrogen and oxygen atoms in total. The normalized spacial score (nSPS) is 11.9. The fraction of sp³-hybridized carbons (Fsp3) is 0.200. The van der Waals surface area contributed by atoms with Gasteiger partial charge in [0.25, 0.3) is 5.91 Å². The van der Waals surface area contributed by atoms with Gasteiger partial charge in [-0.15, -0.1) is 11.3 Å². The third kappa shape index (κ3) is 3.70. The second-order valence-corrected chi connectivity index (χ2v) is 7.20. The van der Waals surface area contributed by atoms with Crippen LogP contribution >= 0.6 is 11.3 Å². The third-order valence-electron chi connectivity index (χ3n) is 4.41. The molecule has 1 atom stereocenters. The number of hydrogen-bond donors (Lipinski definition) is 2. The van der Waals surface area contributed by atoms with Crippen molar-refractivity contribution in [3.63, 3.8) is 0 Å². The van der Waals surface area contributed by atoms with Gasteiger partial charge in [-0.1, -0.05) is 36.4 Å². The molecule has 1 unspecified atom stereocenters. The average Bonchev–Trinajstić information content (AvgIpc) is 3.23. The summed E-state index contributed by atoms with van der Waals surface area (Å²) in [7, 11) is 0. The van der Waals surface area contributed by atoms with E-state index in [-0.39, 0.29) is 5.91 Å². The van der Waals surface area contributed by atoms with Crippen molar-refractivity contribution in [3.05, 3.63) is 81.3 Å². The lowest BCUT2D eigenvalue weighted by molar-refractivity contribution is -0.120. The van der Waals surface area contributed by atoms with E-state index in [2.05, 4.69) is 16.0 Å². The van der Waals surface area contributed by atoms with Gasteiger partial charge in [0, 0.05) is 16.3 Å². The number of carbonyl (C=O) groups excluding carboxylic acids is 2. The minimum Gasteiger partial charge on any atom is -0.368 e. The van der Waals surface area contributed by atoms with Gasteiger partial charge in [-0.2, -0.15) is 0 Å². The number of benzene rings is 1. The van der Waals surface area contributed by atoms with E-state index in [0.29, 0.717) is 11.1 Å². The zero-order valence-electron chi connectivity index (χ0n) is 14.7. The van der Waals surface area contributed by atoms with E-state index in [0.717, 1.165) is 17.9 Å². The molecule has 6 heteroatoms. The van der Waals surface area contributed by atoms with E-state index in [4.69, 9.17) is 5.73 Å². The summed E-state index contributed by atoms with van der Waals surface area (Å²) in [5.74, 6) is -0.889. The zero-order valence-corrected chi connectivity index (χ0v) is 15.5. The zero-order chi connectivity index (χ0) is 18.7. The number of nitrogens with zero attached hydrogens (tertiary/aromatic N) is 1. The van der Waals surface area contributed by atoms with Crippen LogP contribution in [0.25, 0.3) is 0 Å². The summed E-state index contributed by atoms with van der Waals surface area (Å²) in [5.41, 5.74) is 8.59. The van der Waals surface area contributed by atoms with E-state index < -0.39 is 11.9 Å². The van der Waals surface area contributed by atoms with Gasteiger partial charge >= 0.3 is 0 Å². The van der Waals surface area contributed by atoms with Crippen LogP contribution in [0.3, 0.4) is 0 Å². The Morgan fingerprint density at radius 3 is 2.50 bits per heavy atom. The molecule has 3 rings (SSSR count). The van der Waals surface area contributed by atoms with Crippen molar-refractivity contribution >= 4 is 23.2 Å². The number of amides is 2. The maximum absolute atomic E-state index is 12.8. The average molecular weight is 367 g/mol. The van der Waals surface area contributed by atoms with Crippen LogP contribution in [0.1, 0.15) is 38.2 Å². The van der Waals surface area contributed by atoms with Crippen molar-refractivity contribution in [2.75, 3.05) is 0 Å². The van der Waals surface area contributed by atoms with Gasteiger partial charge in [-0.25, -0.2) is 0 Å². The van der Waals surface area contributed by atoms with E-state index in [1.807, 2.05) is 49.6 Å². The summed E-state index contributed by atoms with van der Waals surface area (Å²) in [6.45, 7) is 4.61. The standard InChI is InChI=1S/C20H21N3O2S/c1-13-11-17(14(2)23(13)12-16-9-6-10-26-16)20(25)22-18(19(21)24)15-7-4-3-5-8-15/h3-11,18H,12H2,1-2H3,(H2,21,24)(H,22,25). The number of hydrogen-bond acceptors (Lipinski definition) is 3. The second kappa shape index (κ2) is 7.58. The van der Waals surface area contributed by atoms with E-state index in [1.54, 1.807) is 23.5 Å². The number of primary amides is 1. The number of nitrogens with two attached hydrogens (primary N) is 1. The molecule has 2 aromatic heterocycles. The fourth-order valence-corrected chi connectivity index (χ4v) is 3.70. The highest BCUT2D eigenvalue weighted by molar-refractivity contribution is 7.09. The highest BCUT2D eigenvalue weighted by atomic mass is 32.1. The lowest BCUT2D eigenvalue weighted by Crippen LogP contribution is -2.37. The maximum Gasteiger partial charge on any atom is 0.254 e. The molecular formula is C20H21N3O2S. The molecule has 1 aromatic carbocycles. The molecule has 0 fully saturated rings. The Morgan fingerprint density at radius 2 is 1.88 bits per heavy atom. The Bertz CT molecular complexity index is 914.